The number of hydrogen-bond acceptors (Lipinski definition) is 6. The number of β-amino-alcohol motifs (C(OH)–C–C–N with tert-alkyl or cyclic N) is 1. The number of rotatable bonds is 10. The molecule has 0 bridgehead atoms. The van der Waals surface area contributed by atoms with E-state index in [-0.39, 0.29) is 12.1 Å². The number of likely N-dealkylation sites (N-methyl/N-ethyl adjacent to an activating group) is 1. The summed E-state index contributed by atoms with van der Waals surface area (Å²) < 4.78 is 13.1. The van der Waals surface area contributed by atoms with Crippen molar-refractivity contribution in [2.24, 2.45) is 0 Å². The average molecular weight is 465 g/mol. The van der Waals surface area contributed by atoms with Gasteiger partial charge < -0.3 is 14.6 Å². The van der Waals surface area contributed by atoms with Crippen LogP contribution in [0.2, 0.25) is 0 Å². The third-order valence-corrected chi connectivity index (χ3v) is 6.50. The fourth-order valence-electron chi connectivity index (χ4n) is 4.65. The van der Waals surface area contributed by atoms with Crippen LogP contribution in [0.5, 0.6) is 11.5 Å². The Bertz CT molecular complexity index is 1050. The predicted molar refractivity (Wildman–Crippen MR) is 133 cm³/mol. The molecule has 4 rings (SSSR count). The van der Waals surface area contributed by atoms with Gasteiger partial charge >= 0.3 is 0 Å². The maximum atomic E-state index is 10.7. The number of methoxy groups -OCH3 is 1. The minimum atomic E-state index is -0.361. The lowest BCUT2D eigenvalue weighted by Crippen LogP contribution is -2.40. The molecule has 0 saturated carbocycles. The van der Waals surface area contributed by atoms with E-state index in [9.17, 15) is 5.11 Å². The Labute approximate surface area is 202 Å². The molecule has 7 nitrogen and oxygen atoms in total. The minimum absolute atomic E-state index is 0.110. The van der Waals surface area contributed by atoms with Gasteiger partial charge in [0.05, 0.1) is 25.5 Å². The average Bonchev–Trinajstić information content (AvgIpc) is 3.35. The molecular weight excluding hydrogens is 428 g/mol. The van der Waals surface area contributed by atoms with E-state index >= 15 is 0 Å². The zero-order chi connectivity index (χ0) is 24.1. The van der Waals surface area contributed by atoms with Crippen molar-refractivity contribution in [2.75, 3.05) is 33.9 Å². The van der Waals surface area contributed by atoms with Gasteiger partial charge in [-0.2, -0.15) is 5.10 Å². The molecule has 3 aromatic rings. The Kier molecular flexibility index (Phi) is 7.88. The summed E-state index contributed by atoms with van der Waals surface area (Å²) in [6.07, 6.45) is -0.361. The second-order valence-corrected chi connectivity index (χ2v) is 9.23. The smallest absolute Gasteiger partial charge is 0.119 e. The van der Waals surface area contributed by atoms with Crippen LogP contribution in [-0.2, 0) is 19.6 Å². The Morgan fingerprint density at radius 1 is 1.00 bits per heavy atom. The van der Waals surface area contributed by atoms with Crippen molar-refractivity contribution in [2.45, 2.75) is 45.6 Å². The first-order chi connectivity index (χ1) is 16.4. The summed E-state index contributed by atoms with van der Waals surface area (Å²) in [6, 6.07) is 18.6. The van der Waals surface area contributed by atoms with Gasteiger partial charge in [-0.25, -0.2) is 0 Å². The molecule has 0 amide bonds. The highest BCUT2D eigenvalue weighted by atomic mass is 16.5. The summed E-state index contributed by atoms with van der Waals surface area (Å²) in [5.74, 6) is 1.72. The van der Waals surface area contributed by atoms with Crippen LogP contribution in [0.3, 0.4) is 0 Å². The fraction of sp³-hybridized carbons (Fsp3) is 0.444. The lowest BCUT2D eigenvalue weighted by molar-refractivity contribution is 0.0949. The van der Waals surface area contributed by atoms with Gasteiger partial charge in [-0.05, 0) is 62.4 Å². The maximum absolute atomic E-state index is 10.7. The second-order valence-electron chi connectivity index (χ2n) is 9.23. The number of nitrogens with zero attached hydrogens (tertiary/aromatic N) is 4. The van der Waals surface area contributed by atoms with Gasteiger partial charge in [-0.15, -0.1) is 0 Å². The van der Waals surface area contributed by atoms with Crippen LogP contribution in [0.15, 0.2) is 54.6 Å². The van der Waals surface area contributed by atoms with Crippen molar-refractivity contribution in [1.29, 1.82) is 0 Å². The highest BCUT2D eigenvalue weighted by Gasteiger charge is 2.33. The van der Waals surface area contributed by atoms with Crippen LogP contribution in [0.4, 0.5) is 0 Å². The molecule has 1 aromatic heterocycles. The number of aromatic nitrogens is 2. The summed E-state index contributed by atoms with van der Waals surface area (Å²) in [7, 11) is 3.76. The van der Waals surface area contributed by atoms with Crippen molar-refractivity contribution < 1.29 is 14.6 Å². The molecule has 1 N–H and O–H groups in total. The lowest BCUT2D eigenvalue weighted by atomic mass is 10.1. The Hall–Kier alpha value is -2.87. The topological polar surface area (TPSA) is 63.0 Å². The molecule has 2 heterocycles. The van der Waals surface area contributed by atoms with Gasteiger partial charge in [0.25, 0.3) is 0 Å². The molecule has 1 aliphatic rings. The van der Waals surface area contributed by atoms with Crippen molar-refractivity contribution in [3.8, 4) is 11.5 Å². The predicted octanol–water partition coefficient (Wildman–Crippen LogP) is 3.26. The normalized spacial score (nSPS) is 18.5. The molecular formula is C27H36N4O3. The Morgan fingerprint density at radius 3 is 2.32 bits per heavy atom. The van der Waals surface area contributed by atoms with Crippen molar-refractivity contribution in [3.05, 3.63) is 77.1 Å². The summed E-state index contributed by atoms with van der Waals surface area (Å²) in [4.78, 5) is 4.56. The zero-order valence-corrected chi connectivity index (χ0v) is 20.6. The number of hydrogen-bond donors (Lipinski definition) is 1. The van der Waals surface area contributed by atoms with Crippen LogP contribution in [-0.4, -0.2) is 70.7 Å². The minimum Gasteiger partial charge on any atom is -0.497 e. The summed E-state index contributed by atoms with van der Waals surface area (Å²) in [5.41, 5.74) is 4.61. The van der Waals surface area contributed by atoms with Crippen molar-refractivity contribution in [1.82, 2.24) is 19.6 Å². The van der Waals surface area contributed by atoms with Crippen LogP contribution in [0.25, 0.3) is 0 Å². The molecule has 182 valence electrons. The van der Waals surface area contributed by atoms with E-state index in [4.69, 9.17) is 9.47 Å². The Morgan fingerprint density at radius 2 is 1.68 bits per heavy atom. The summed E-state index contributed by atoms with van der Waals surface area (Å²) in [6.45, 7) is 8.52. The van der Waals surface area contributed by atoms with Gasteiger partial charge in [0.2, 0.25) is 0 Å². The lowest BCUT2D eigenvalue weighted by Gasteiger charge is -2.26. The van der Waals surface area contributed by atoms with Gasteiger partial charge in [0.1, 0.15) is 18.1 Å². The third kappa shape index (κ3) is 6.17. The van der Waals surface area contributed by atoms with Gasteiger partial charge in [-0.1, -0.05) is 24.3 Å². The number of likely N-dealkylation sites (tertiary alicyclic amines) is 1. The van der Waals surface area contributed by atoms with Crippen LogP contribution < -0.4 is 9.47 Å². The highest BCUT2D eigenvalue weighted by Crippen LogP contribution is 2.21. The van der Waals surface area contributed by atoms with E-state index in [0.717, 1.165) is 49.1 Å². The van der Waals surface area contributed by atoms with Crippen LogP contribution >= 0.6 is 0 Å². The number of aryl methyl sites for hydroxylation is 2. The number of benzene rings is 2. The fourth-order valence-corrected chi connectivity index (χ4v) is 4.65. The first-order valence-corrected chi connectivity index (χ1v) is 11.9. The zero-order valence-electron chi connectivity index (χ0n) is 20.6. The SMILES string of the molecule is COc1ccc(CN(C)[C@H]2CN(Cc3ccc(OCCn4nc(C)cc4C)cc3)C[C@@H]2O)cc1. The maximum Gasteiger partial charge on any atom is 0.119 e. The molecule has 2 aromatic carbocycles. The molecule has 0 radical (unpaired) electrons. The largest absolute Gasteiger partial charge is 0.497 e. The highest BCUT2D eigenvalue weighted by molar-refractivity contribution is 5.28. The molecule has 34 heavy (non-hydrogen) atoms. The second kappa shape index (κ2) is 11.0. The van der Waals surface area contributed by atoms with Crippen molar-refractivity contribution >= 4 is 0 Å². The van der Waals surface area contributed by atoms with Crippen molar-refractivity contribution in [3.63, 3.8) is 0 Å². The standard InChI is InChI=1S/C27H36N4O3/c1-20-15-21(2)31(28-20)13-14-34-25-11-7-23(8-12-25)17-30-18-26(27(32)19-30)29(3)16-22-5-9-24(33-4)10-6-22/h5-12,15,26-27,32H,13-14,16-19H2,1-4H3/t26-,27-/m0/s1. The van der Waals surface area contributed by atoms with Gasteiger partial charge in [0, 0.05) is 37.9 Å². The van der Waals surface area contributed by atoms with E-state index in [1.807, 2.05) is 35.9 Å². The molecule has 0 spiro atoms. The van der Waals surface area contributed by atoms with E-state index in [1.54, 1.807) is 7.11 Å². The molecule has 1 fully saturated rings. The van der Waals surface area contributed by atoms with Crippen LogP contribution in [0, 0.1) is 13.8 Å². The van der Waals surface area contributed by atoms with Crippen LogP contribution in [0.1, 0.15) is 22.5 Å². The van der Waals surface area contributed by atoms with E-state index in [1.165, 1.54) is 11.1 Å². The molecule has 0 unspecified atom stereocenters. The molecule has 0 aliphatic carbocycles. The monoisotopic (exact) mass is 464 g/mol. The number of ether oxygens (including phenoxy) is 2. The van der Waals surface area contributed by atoms with E-state index in [0.29, 0.717) is 13.2 Å². The molecule has 2 atom stereocenters. The molecule has 7 heteroatoms. The molecule has 1 saturated heterocycles. The number of aliphatic hydroxyl groups excluding tert-OH is 1. The van der Waals surface area contributed by atoms with E-state index in [2.05, 4.69) is 59.2 Å². The summed E-state index contributed by atoms with van der Waals surface area (Å²) in [5, 5.41) is 15.2. The number of aliphatic hydroxyl groups is 1. The first kappa shape index (κ1) is 24.3. The summed E-state index contributed by atoms with van der Waals surface area (Å²) >= 11 is 0. The first-order valence-electron chi connectivity index (χ1n) is 11.9. The van der Waals surface area contributed by atoms with Gasteiger partial charge in [0.15, 0.2) is 0 Å². The van der Waals surface area contributed by atoms with E-state index < -0.39 is 0 Å². The Balaban J connectivity index is 1.24. The quantitative estimate of drug-likeness (QED) is 0.497. The third-order valence-electron chi connectivity index (χ3n) is 6.50. The van der Waals surface area contributed by atoms with Gasteiger partial charge in [-0.3, -0.25) is 14.5 Å². The molecule has 1 aliphatic heterocycles.